The Morgan fingerprint density at radius 1 is 1.39 bits per heavy atom. The summed E-state index contributed by atoms with van der Waals surface area (Å²) in [5.41, 5.74) is 6.56. The summed E-state index contributed by atoms with van der Waals surface area (Å²) in [5.74, 6) is 0.463. The van der Waals surface area contributed by atoms with Gasteiger partial charge in [-0.15, -0.1) is 12.4 Å². The zero-order chi connectivity index (χ0) is 12.3. The molecule has 5 heteroatoms. The zero-order valence-corrected chi connectivity index (χ0v) is 11.4. The summed E-state index contributed by atoms with van der Waals surface area (Å²) < 4.78 is 0. The van der Waals surface area contributed by atoms with Crippen LogP contribution in [0.3, 0.4) is 0 Å². The standard InChI is InChI=1S/C13H19N3O.ClH/c1-9-4-2-3-5-11(9)16-13(17)12-7-6-10(14)8-15-12;/h6-9,11H,2-5,14H2,1H3,(H,16,17);1H. The molecule has 1 heterocycles. The summed E-state index contributed by atoms with van der Waals surface area (Å²) in [6.07, 6.45) is 6.25. The number of carbonyl (C=O) groups excluding carboxylic acids is 1. The van der Waals surface area contributed by atoms with Crippen molar-refractivity contribution in [3.63, 3.8) is 0 Å². The molecule has 0 aromatic carbocycles. The second-order valence-corrected chi connectivity index (χ2v) is 4.82. The highest BCUT2D eigenvalue weighted by Crippen LogP contribution is 2.23. The fraction of sp³-hybridized carbons (Fsp3) is 0.538. The van der Waals surface area contributed by atoms with Gasteiger partial charge in [-0.1, -0.05) is 19.8 Å². The van der Waals surface area contributed by atoms with Gasteiger partial charge < -0.3 is 11.1 Å². The van der Waals surface area contributed by atoms with Crippen LogP contribution in [0.2, 0.25) is 0 Å². The first kappa shape index (κ1) is 14.8. The molecule has 18 heavy (non-hydrogen) atoms. The van der Waals surface area contributed by atoms with Crippen LogP contribution < -0.4 is 11.1 Å². The van der Waals surface area contributed by atoms with Crippen LogP contribution in [0, 0.1) is 5.92 Å². The number of rotatable bonds is 2. The van der Waals surface area contributed by atoms with Gasteiger partial charge in [0.05, 0.1) is 11.9 Å². The Bertz CT molecular complexity index is 394. The molecule has 2 unspecified atom stereocenters. The van der Waals surface area contributed by atoms with Gasteiger partial charge in [-0.2, -0.15) is 0 Å². The van der Waals surface area contributed by atoms with Crippen LogP contribution >= 0.6 is 12.4 Å². The maximum Gasteiger partial charge on any atom is 0.270 e. The van der Waals surface area contributed by atoms with Crippen LogP contribution in [0.25, 0.3) is 0 Å². The third-order valence-corrected chi connectivity index (χ3v) is 3.45. The molecule has 2 atom stereocenters. The van der Waals surface area contributed by atoms with Crippen molar-refractivity contribution in [1.82, 2.24) is 10.3 Å². The number of nitrogens with two attached hydrogens (primary N) is 1. The Labute approximate surface area is 114 Å². The molecule has 0 aliphatic heterocycles. The van der Waals surface area contributed by atoms with Gasteiger partial charge in [0.25, 0.3) is 5.91 Å². The maximum absolute atomic E-state index is 12.0. The van der Waals surface area contributed by atoms with Crippen LogP contribution in [-0.2, 0) is 0 Å². The first-order valence-electron chi connectivity index (χ1n) is 6.19. The number of halogens is 1. The van der Waals surface area contributed by atoms with Gasteiger partial charge >= 0.3 is 0 Å². The van der Waals surface area contributed by atoms with Crippen LogP contribution in [0.5, 0.6) is 0 Å². The summed E-state index contributed by atoms with van der Waals surface area (Å²) in [6.45, 7) is 2.19. The fourth-order valence-corrected chi connectivity index (χ4v) is 2.31. The van der Waals surface area contributed by atoms with E-state index in [1.165, 1.54) is 25.5 Å². The van der Waals surface area contributed by atoms with Crippen molar-refractivity contribution in [3.05, 3.63) is 24.0 Å². The molecule has 4 nitrogen and oxygen atoms in total. The molecule has 100 valence electrons. The van der Waals surface area contributed by atoms with Crippen molar-refractivity contribution in [1.29, 1.82) is 0 Å². The molecule has 1 aromatic rings. The number of amides is 1. The van der Waals surface area contributed by atoms with Gasteiger partial charge in [0.15, 0.2) is 0 Å². The minimum absolute atomic E-state index is 0. The summed E-state index contributed by atoms with van der Waals surface area (Å²) in [4.78, 5) is 16.0. The average molecular weight is 270 g/mol. The van der Waals surface area contributed by atoms with Gasteiger partial charge in [0, 0.05) is 6.04 Å². The van der Waals surface area contributed by atoms with Gasteiger partial charge in [-0.25, -0.2) is 4.98 Å². The zero-order valence-electron chi connectivity index (χ0n) is 10.6. The van der Waals surface area contributed by atoms with Gasteiger partial charge in [-0.3, -0.25) is 4.79 Å². The highest BCUT2D eigenvalue weighted by atomic mass is 35.5. The van der Waals surface area contributed by atoms with Crippen molar-refractivity contribution < 1.29 is 4.79 Å². The van der Waals surface area contributed by atoms with Crippen LogP contribution in [0.15, 0.2) is 18.3 Å². The number of hydrogen-bond acceptors (Lipinski definition) is 3. The van der Waals surface area contributed by atoms with Crippen LogP contribution in [-0.4, -0.2) is 16.9 Å². The van der Waals surface area contributed by atoms with E-state index in [2.05, 4.69) is 17.2 Å². The van der Waals surface area contributed by atoms with E-state index in [-0.39, 0.29) is 24.4 Å². The normalized spacial score (nSPS) is 22.9. The molecule has 0 radical (unpaired) electrons. The van der Waals surface area contributed by atoms with Crippen molar-refractivity contribution in [2.24, 2.45) is 5.92 Å². The number of nitrogen functional groups attached to an aromatic ring is 1. The maximum atomic E-state index is 12.0. The van der Waals surface area contributed by atoms with Crippen LogP contribution in [0.4, 0.5) is 5.69 Å². The van der Waals surface area contributed by atoms with Crippen molar-refractivity contribution >= 4 is 24.0 Å². The molecule has 2 rings (SSSR count). The van der Waals surface area contributed by atoms with Crippen LogP contribution in [0.1, 0.15) is 43.1 Å². The Morgan fingerprint density at radius 3 is 2.72 bits per heavy atom. The Kier molecular flexibility index (Phi) is 5.41. The molecule has 1 aromatic heterocycles. The van der Waals surface area contributed by atoms with E-state index < -0.39 is 0 Å². The highest BCUT2D eigenvalue weighted by Gasteiger charge is 2.23. The molecule has 0 bridgehead atoms. The number of nitrogens with one attached hydrogen (secondary N) is 1. The predicted octanol–water partition coefficient (Wildman–Crippen LogP) is 2.39. The second-order valence-electron chi connectivity index (χ2n) is 4.82. The Morgan fingerprint density at radius 2 is 2.11 bits per heavy atom. The van der Waals surface area contributed by atoms with Crippen molar-refractivity contribution in [3.8, 4) is 0 Å². The fourth-order valence-electron chi connectivity index (χ4n) is 2.31. The van der Waals surface area contributed by atoms with Gasteiger partial charge in [-0.05, 0) is 30.9 Å². The molecule has 1 amide bonds. The summed E-state index contributed by atoms with van der Waals surface area (Å²) in [6, 6.07) is 3.65. The largest absolute Gasteiger partial charge is 0.397 e. The SMILES string of the molecule is CC1CCCCC1NC(=O)c1ccc(N)cn1.Cl. The predicted molar refractivity (Wildman–Crippen MR) is 74.8 cm³/mol. The van der Waals surface area contributed by atoms with E-state index in [1.54, 1.807) is 12.1 Å². The van der Waals surface area contributed by atoms with E-state index in [4.69, 9.17) is 5.73 Å². The average Bonchev–Trinajstić information content (AvgIpc) is 2.33. The van der Waals surface area contributed by atoms with E-state index in [0.717, 1.165) is 6.42 Å². The smallest absolute Gasteiger partial charge is 0.270 e. The molecule has 1 aliphatic carbocycles. The number of aromatic nitrogens is 1. The Balaban J connectivity index is 0.00000162. The first-order valence-corrected chi connectivity index (χ1v) is 6.19. The molecule has 1 aliphatic rings. The molecular formula is C13H20ClN3O. The molecule has 0 saturated heterocycles. The van der Waals surface area contributed by atoms with E-state index >= 15 is 0 Å². The summed E-state index contributed by atoms with van der Waals surface area (Å²) in [7, 11) is 0. The molecule has 1 saturated carbocycles. The second kappa shape index (κ2) is 6.59. The number of hydrogen-bond donors (Lipinski definition) is 2. The van der Waals surface area contributed by atoms with Crippen molar-refractivity contribution in [2.45, 2.75) is 38.6 Å². The Hall–Kier alpha value is -1.29. The monoisotopic (exact) mass is 269 g/mol. The third-order valence-electron chi connectivity index (χ3n) is 3.45. The molecule has 3 N–H and O–H groups in total. The molecule has 0 spiro atoms. The lowest BCUT2D eigenvalue weighted by atomic mass is 9.86. The lowest BCUT2D eigenvalue weighted by molar-refractivity contribution is 0.0905. The molecular weight excluding hydrogens is 250 g/mol. The number of pyridine rings is 1. The van der Waals surface area contributed by atoms with Crippen molar-refractivity contribution in [2.75, 3.05) is 5.73 Å². The number of nitrogens with zero attached hydrogens (tertiary/aromatic N) is 1. The summed E-state index contributed by atoms with van der Waals surface area (Å²) in [5, 5.41) is 3.06. The lowest BCUT2D eigenvalue weighted by Gasteiger charge is -2.29. The van der Waals surface area contributed by atoms with Gasteiger partial charge in [0.2, 0.25) is 0 Å². The first-order chi connectivity index (χ1) is 8.16. The number of carbonyl (C=O) groups is 1. The topological polar surface area (TPSA) is 68.0 Å². The summed E-state index contributed by atoms with van der Waals surface area (Å²) >= 11 is 0. The highest BCUT2D eigenvalue weighted by molar-refractivity contribution is 5.92. The lowest BCUT2D eigenvalue weighted by Crippen LogP contribution is -2.41. The minimum atomic E-state index is -0.0937. The van der Waals surface area contributed by atoms with E-state index in [9.17, 15) is 4.79 Å². The van der Waals surface area contributed by atoms with E-state index in [0.29, 0.717) is 17.3 Å². The molecule has 1 fully saturated rings. The van der Waals surface area contributed by atoms with Gasteiger partial charge in [0.1, 0.15) is 5.69 Å². The van der Waals surface area contributed by atoms with E-state index in [1.807, 2.05) is 0 Å². The quantitative estimate of drug-likeness (QED) is 0.866. The minimum Gasteiger partial charge on any atom is -0.397 e. The number of anilines is 1. The third kappa shape index (κ3) is 3.60.